The van der Waals surface area contributed by atoms with Crippen LogP contribution in [0.15, 0.2) is 16.9 Å². The normalized spacial score (nSPS) is 10.9. The Morgan fingerprint density at radius 3 is 2.92 bits per heavy atom. The predicted molar refractivity (Wildman–Crippen MR) is 47.9 cm³/mol. The van der Waals surface area contributed by atoms with Gasteiger partial charge >= 0.3 is 5.69 Å². The van der Waals surface area contributed by atoms with Crippen LogP contribution in [0.5, 0.6) is 0 Å². The van der Waals surface area contributed by atoms with Gasteiger partial charge in [-0.3, -0.25) is 0 Å². The minimum absolute atomic E-state index is 0.264. The van der Waals surface area contributed by atoms with Gasteiger partial charge in [-0.15, -0.1) is 10.2 Å². The fraction of sp³-hybridized carbons (Fsp3) is 0.286. The molecule has 68 valence electrons. The van der Waals surface area contributed by atoms with Crippen molar-refractivity contribution >= 4 is 17.2 Å². The number of hydrogen-bond acceptors (Lipinski definition) is 3. The molecule has 2 rings (SSSR count). The first-order valence-electron chi connectivity index (χ1n) is 3.85. The molecule has 0 aliphatic carbocycles. The molecule has 0 unspecified atom stereocenters. The maximum Gasteiger partial charge on any atom is 0.367 e. The Balaban J connectivity index is 2.85. The zero-order chi connectivity index (χ0) is 9.42. The molecule has 0 amide bonds. The van der Waals surface area contributed by atoms with Crippen LogP contribution in [0.3, 0.4) is 0 Å². The molecule has 13 heavy (non-hydrogen) atoms. The molecule has 0 bridgehead atoms. The Kier molecular flexibility index (Phi) is 1.81. The summed E-state index contributed by atoms with van der Waals surface area (Å²) in [5.41, 5.74) is 0.247. The lowest BCUT2D eigenvalue weighted by molar-refractivity contribution is 0.626. The zero-order valence-electron chi connectivity index (χ0n) is 6.94. The van der Waals surface area contributed by atoms with Crippen LogP contribution in [0.2, 0.25) is 5.15 Å². The molecule has 0 saturated carbocycles. The van der Waals surface area contributed by atoms with Crippen molar-refractivity contribution in [3.8, 4) is 0 Å². The lowest BCUT2D eigenvalue weighted by Gasteiger charge is -1.88. The summed E-state index contributed by atoms with van der Waals surface area (Å²) in [6.45, 7) is 2.37. The summed E-state index contributed by atoms with van der Waals surface area (Å²) in [5, 5.41) is 8.13. The van der Waals surface area contributed by atoms with Crippen molar-refractivity contribution in [3.05, 3.63) is 27.8 Å². The summed E-state index contributed by atoms with van der Waals surface area (Å²) >= 11 is 5.64. The average molecular weight is 199 g/mol. The van der Waals surface area contributed by atoms with Gasteiger partial charge in [-0.2, -0.15) is 4.52 Å². The van der Waals surface area contributed by atoms with Crippen LogP contribution in [-0.2, 0) is 6.54 Å². The number of rotatable bonds is 1. The first-order valence-corrected chi connectivity index (χ1v) is 4.22. The van der Waals surface area contributed by atoms with Crippen molar-refractivity contribution in [3.63, 3.8) is 0 Å². The molecule has 0 atom stereocenters. The average Bonchev–Trinajstić information content (AvgIpc) is 2.44. The standard InChI is InChI=1S/C7H7ClN4O/c1-2-11-7(13)12-6(10-11)4-3-5(8)9-12/h3-4H,2H2,1H3. The second-order valence-electron chi connectivity index (χ2n) is 2.52. The Morgan fingerprint density at radius 2 is 2.23 bits per heavy atom. The largest absolute Gasteiger partial charge is 0.367 e. The van der Waals surface area contributed by atoms with E-state index < -0.39 is 0 Å². The van der Waals surface area contributed by atoms with E-state index in [2.05, 4.69) is 10.2 Å². The molecule has 5 nitrogen and oxygen atoms in total. The molecule has 0 saturated heterocycles. The SMILES string of the molecule is CCn1nc2ccc(Cl)nn2c1=O. The Morgan fingerprint density at radius 1 is 1.46 bits per heavy atom. The van der Waals surface area contributed by atoms with Crippen molar-refractivity contribution in [1.82, 2.24) is 19.4 Å². The molecular weight excluding hydrogens is 192 g/mol. The lowest BCUT2D eigenvalue weighted by atomic mass is 10.6. The first-order chi connectivity index (χ1) is 6.22. The van der Waals surface area contributed by atoms with Crippen LogP contribution in [0.25, 0.3) is 5.65 Å². The van der Waals surface area contributed by atoms with E-state index in [1.54, 1.807) is 12.1 Å². The van der Waals surface area contributed by atoms with Crippen LogP contribution < -0.4 is 5.69 Å². The van der Waals surface area contributed by atoms with Crippen LogP contribution in [0.4, 0.5) is 0 Å². The van der Waals surface area contributed by atoms with Crippen molar-refractivity contribution in [2.75, 3.05) is 0 Å². The highest BCUT2D eigenvalue weighted by molar-refractivity contribution is 6.29. The van der Waals surface area contributed by atoms with Crippen molar-refractivity contribution in [2.45, 2.75) is 13.5 Å². The molecule has 2 aromatic heterocycles. The van der Waals surface area contributed by atoms with E-state index in [1.165, 1.54) is 9.20 Å². The number of halogens is 1. The second kappa shape index (κ2) is 2.85. The van der Waals surface area contributed by atoms with Gasteiger partial charge < -0.3 is 0 Å². The molecule has 0 aliphatic heterocycles. The van der Waals surface area contributed by atoms with Crippen molar-refractivity contribution < 1.29 is 0 Å². The van der Waals surface area contributed by atoms with Crippen molar-refractivity contribution in [1.29, 1.82) is 0 Å². The van der Waals surface area contributed by atoms with Gasteiger partial charge in [0.2, 0.25) is 0 Å². The van der Waals surface area contributed by atoms with Gasteiger partial charge in [0.1, 0.15) is 5.15 Å². The molecule has 6 heteroatoms. The molecule has 0 radical (unpaired) electrons. The topological polar surface area (TPSA) is 52.2 Å². The molecule has 0 N–H and O–H groups in total. The second-order valence-corrected chi connectivity index (χ2v) is 2.91. The number of aromatic nitrogens is 4. The number of fused-ring (bicyclic) bond motifs is 1. The van der Waals surface area contributed by atoms with Gasteiger partial charge in [-0.05, 0) is 19.1 Å². The summed E-state index contributed by atoms with van der Waals surface area (Å²) in [5.74, 6) is 0. The smallest absolute Gasteiger partial charge is 0.244 e. The maximum atomic E-state index is 11.5. The van der Waals surface area contributed by atoms with Crippen LogP contribution >= 0.6 is 11.6 Å². The minimum Gasteiger partial charge on any atom is -0.244 e. The molecular formula is C7H7ClN4O. The number of aryl methyl sites for hydroxylation is 1. The van der Waals surface area contributed by atoms with Crippen molar-refractivity contribution in [2.24, 2.45) is 0 Å². The van der Waals surface area contributed by atoms with E-state index in [-0.39, 0.29) is 10.8 Å². The highest BCUT2D eigenvalue weighted by Crippen LogP contribution is 2.02. The molecule has 2 heterocycles. The Hall–Kier alpha value is -1.36. The van der Waals surface area contributed by atoms with E-state index in [0.717, 1.165) is 0 Å². The highest BCUT2D eigenvalue weighted by Gasteiger charge is 2.05. The van der Waals surface area contributed by atoms with E-state index >= 15 is 0 Å². The summed E-state index contributed by atoms with van der Waals surface area (Å²) < 4.78 is 2.52. The third-order valence-electron chi connectivity index (χ3n) is 1.71. The number of hydrogen-bond donors (Lipinski definition) is 0. The Labute approximate surface area is 78.6 Å². The predicted octanol–water partition coefficient (Wildman–Crippen LogP) is 0.564. The third kappa shape index (κ3) is 1.21. The van der Waals surface area contributed by atoms with Gasteiger partial charge in [-0.25, -0.2) is 9.48 Å². The van der Waals surface area contributed by atoms with Gasteiger partial charge in [0.15, 0.2) is 5.65 Å². The summed E-state index contributed by atoms with van der Waals surface area (Å²) in [6.07, 6.45) is 0. The van der Waals surface area contributed by atoms with E-state index in [9.17, 15) is 4.79 Å². The molecule has 2 aromatic rings. The van der Waals surface area contributed by atoms with E-state index in [4.69, 9.17) is 11.6 Å². The fourth-order valence-electron chi connectivity index (χ4n) is 1.09. The summed E-state index contributed by atoms with van der Waals surface area (Å²) in [6, 6.07) is 3.26. The monoisotopic (exact) mass is 198 g/mol. The third-order valence-corrected chi connectivity index (χ3v) is 1.91. The fourth-order valence-corrected chi connectivity index (χ4v) is 1.23. The maximum absolute atomic E-state index is 11.5. The molecule has 0 fully saturated rings. The van der Waals surface area contributed by atoms with Gasteiger partial charge in [0.25, 0.3) is 0 Å². The van der Waals surface area contributed by atoms with Crippen LogP contribution in [0, 0.1) is 0 Å². The van der Waals surface area contributed by atoms with Gasteiger partial charge in [0, 0.05) is 6.54 Å². The molecule has 0 aromatic carbocycles. The quantitative estimate of drug-likeness (QED) is 0.673. The van der Waals surface area contributed by atoms with E-state index in [1.807, 2.05) is 6.92 Å². The number of nitrogens with zero attached hydrogens (tertiary/aromatic N) is 4. The van der Waals surface area contributed by atoms with Gasteiger partial charge in [-0.1, -0.05) is 11.6 Å². The van der Waals surface area contributed by atoms with Crippen LogP contribution in [0.1, 0.15) is 6.92 Å². The zero-order valence-corrected chi connectivity index (χ0v) is 7.69. The molecule has 0 aliphatic rings. The molecule has 0 spiro atoms. The lowest BCUT2D eigenvalue weighted by Crippen LogP contribution is -2.21. The minimum atomic E-state index is -0.264. The summed E-state index contributed by atoms with van der Waals surface area (Å²) in [4.78, 5) is 11.5. The summed E-state index contributed by atoms with van der Waals surface area (Å²) in [7, 11) is 0. The first kappa shape index (κ1) is 8.25. The van der Waals surface area contributed by atoms with Gasteiger partial charge in [0.05, 0.1) is 0 Å². The van der Waals surface area contributed by atoms with E-state index in [0.29, 0.717) is 12.2 Å². The van der Waals surface area contributed by atoms with Crippen LogP contribution in [-0.4, -0.2) is 19.4 Å². The highest BCUT2D eigenvalue weighted by atomic mass is 35.5. The Bertz CT molecular complexity index is 501.